The number of thiazole rings is 1. The minimum Gasteiger partial charge on any atom is -1.00 e. The number of aryl methyl sites for hydroxylation is 2. The van der Waals surface area contributed by atoms with E-state index < -0.39 is 0 Å². The molecule has 1 aromatic heterocycles. The van der Waals surface area contributed by atoms with E-state index in [1.807, 2.05) is 18.2 Å². The maximum atomic E-state index is 6.44. The Morgan fingerprint density at radius 3 is 2.27 bits per heavy atom. The molecule has 0 atom stereocenters. The highest BCUT2D eigenvalue weighted by Crippen LogP contribution is 2.35. The number of anilines is 1. The second-order valence-corrected chi connectivity index (χ2v) is 8.40. The maximum Gasteiger partial charge on any atom is 0.262 e. The molecule has 0 aliphatic rings. The van der Waals surface area contributed by atoms with Gasteiger partial charge in [0.2, 0.25) is 5.52 Å². The molecule has 30 heavy (non-hydrogen) atoms. The van der Waals surface area contributed by atoms with Crippen molar-refractivity contribution in [1.29, 1.82) is 0 Å². The Labute approximate surface area is 200 Å². The quantitative estimate of drug-likeness (QED) is 0.162. The maximum absolute atomic E-state index is 6.44. The molecule has 4 heteroatoms. The van der Waals surface area contributed by atoms with Gasteiger partial charge in [-0.1, -0.05) is 78.6 Å². The van der Waals surface area contributed by atoms with Crippen LogP contribution >= 0.6 is 11.3 Å². The van der Waals surface area contributed by atoms with Crippen molar-refractivity contribution < 1.29 is 28.5 Å². The summed E-state index contributed by atoms with van der Waals surface area (Å²) in [5.41, 5.74) is 12.2. The third-order valence-electron chi connectivity index (χ3n) is 5.35. The van der Waals surface area contributed by atoms with Crippen LogP contribution < -0.4 is 34.3 Å². The van der Waals surface area contributed by atoms with Gasteiger partial charge in [0.15, 0.2) is 6.54 Å². The highest BCUT2D eigenvalue weighted by molar-refractivity contribution is 7.19. The summed E-state index contributed by atoms with van der Waals surface area (Å²) in [5, 5.41) is 1.20. The molecule has 4 aromatic rings. The monoisotopic (exact) mass is 526 g/mol. The first kappa shape index (κ1) is 22.5. The summed E-state index contributed by atoms with van der Waals surface area (Å²) in [6.07, 6.45) is 6.68. The summed E-state index contributed by atoms with van der Waals surface area (Å²) in [6.45, 7) is 5.04. The number of benzene rings is 3. The predicted octanol–water partition coefficient (Wildman–Crippen LogP) is 3.50. The van der Waals surface area contributed by atoms with E-state index in [1.54, 1.807) is 11.3 Å². The van der Waals surface area contributed by atoms with E-state index in [-0.39, 0.29) is 24.0 Å². The standard InChI is InChI=1S/C26H27N2S.HI/c1-2-24-28(19-11-5-8-14-20-12-6-3-7-13-20)26-23(29-24)18-17-22(27)25(26)21-15-9-4-10-16-21;/h2-4,6-7,9-10,12-13,15-18H,1,5,8,11,14,19,27H2;1H/q+1;/p-1. The number of rotatable bonds is 8. The fraction of sp³-hybridized carbons (Fsp3) is 0.192. The number of fused-ring (bicyclic) bond motifs is 1. The molecule has 0 radical (unpaired) electrons. The van der Waals surface area contributed by atoms with Gasteiger partial charge in [0.1, 0.15) is 4.70 Å². The van der Waals surface area contributed by atoms with Gasteiger partial charge in [0.25, 0.3) is 5.01 Å². The Hall–Kier alpha value is -2.18. The van der Waals surface area contributed by atoms with Crippen LogP contribution in [0.2, 0.25) is 0 Å². The highest BCUT2D eigenvalue weighted by atomic mass is 127. The zero-order chi connectivity index (χ0) is 20.1. The lowest BCUT2D eigenvalue weighted by atomic mass is 10.0. The van der Waals surface area contributed by atoms with Crippen LogP contribution in [0.4, 0.5) is 5.69 Å². The zero-order valence-corrected chi connectivity index (χ0v) is 20.0. The predicted molar refractivity (Wildman–Crippen MR) is 126 cm³/mol. The molecular weight excluding hydrogens is 499 g/mol. The van der Waals surface area contributed by atoms with Crippen molar-refractivity contribution in [3.63, 3.8) is 0 Å². The van der Waals surface area contributed by atoms with Gasteiger partial charge in [-0.15, -0.1) is 0 Å². The molecule has 154 valence electrons. The summed E-state index contributed by atoms with van der Waals surface area (Å²) in [7, 11) is 0. The lowest BCUT2D eigenvalue weighted by molar-refractivity contribution is -0.668. The van der Waals surface area contributed by atoms with Crippen molar-refractivity contribution in [2.24, 2.45) is 0 Å². The van der Waals surface area contributed by atoms with Gasteiger partial charge in [-0.25, -0.2) is 0 Å². The van der Waals surface area contributed by atoms with E-state index in [2.05, 4.69) is 71.8 Å². The van der Waals surface area contributed by atoms with Crippen molar-refractivity contribution in [2.45, 2.75) is 32.2 Å². The van der Waals surface area contributed by atoms with Crippen LogP contribution in [0.5, 0.6) is 0 Å². The van der Waals surface area contributed by atoms with Gasteiger partial charge in [-0.2, -0.15) is 4.57 Å². The van der Waals surface area contributed by atoms with Gasteiger partial charge in [-0.05, 0) is 42.5 Å². The van der Waals surface area contributed by atoms with E-state index in [0.717, 1.165) is 30.6 Å². The molecule has 2 nitrogen and oxygen atoms in total. The van der Waals surface area contributed by atoms with Crippen molar-refractivity contribution in [1.82, 2.24) is 0 Å². The fourth-order valence-electron chi connectivity index (χ4n) is 3.92. The smallest absolute Gasteiger partial charge is 0.262 e. The lowest BCUT2D eigenvalue weighted by Crippen LogP contribution is -3.00. The number of nitrogen functional groups attached to an aromatic ring is 1. The number of aromatic nitrogens is 1. The molecule has 0 amide bonds. The molecule has 0 bridgehead atoms. The van der Waals surface area contributed by atoms with Crippen LogP contribution in [0, 0.1) is 0 Å². The summed E-state index contributed by atoms with van der Waals surface area (Å²) in [5.74, 6) is 0. The normalized spacial score (nSPS) is 10.7. The molecule has 0 saturated carbocycles. The van der Waals surface area contributed by atoms with Crippen molar-refractivity contribution >= 4 is 33.3 Å². The van der Waals surface area contributed by atoms with Gasteiger partial charge in [-0.3, -0.25) is 0 Å². The van der Waals surface area contributed by atoms with Crippen molar-refractivity contribution in [3.05, 3.63) is 89.9 Å². The van der Waals surface area contributed by atoms with Crippen LogP contribution in [-0.4, -0.2) is 0 Å². The minimum atomic E-state index is 0. The summed E-state index contributed by atoms with van der Waals surface area (Å²) >= 11 is 1.79. The molecule has 1 heterocycles. The molecule has 0 saturated heterocycles. The Balaban J connectivity index is 0.00000256. The van der Waals surface area contributed by atoms with Gasteiger partial charge in [0.05, 0.1) is 5.56 Å². The second-order valence-electron chi connectivity index (χ2n) is 7.33. The fourth-order valence-corrected chi connectivity index (χ4v) is 4.96. The van der Waals surface area contributed by atoms with Crippen LogP contribution in [0.25, 0.3) is 27.4 Å². The lowest BCUT2D eigenvalue weighted by Gasteiger charge is -2.07. The Bertz CT molecular complexity index is 1100. The van der Waals surface area contributed by atoms with Crippen LogP contribution in [0.1, 0.15) is 29.8 Å². The van der Waals surface area contributed by atoms with Crippen molar-refractivity contribution in [2.75, 3.05) is 5.73 Å². The molecule has 0 aliphatic heterocycles. The largest absolute Gasteiger partial charge is 1.00 e. The molecule has 3 aromatic carbocycles. The van der Waals surface area contributed by atoms with Crippen molar-refractivity contribution in [3.8, 4) is 11.1 Å². The third-order valence-corrected chi connectivity index (χ3v) is 6.50. The number of halogens is 1. The average molecular weight is 526 g/mol. The number of unbranched alkanes of at least 4 members (excludes halogenated alkanes) is 2. The first-order valence-corrected chi connectivity index (χ1v) is 11.1. The Morgan fingerprint density at radius 1 is 0.867 bits per heavy atom. The minimum absolute atomic E-state index is 0. The molecule has 2 N–H and O–H groups in total. The molecular formula is C26H27IN2S. The van der Waals surface area contributed by atoms with E-state index in [4.69, 9.17) is 5.73 Å². The average Bonchev–Trinajstić information content (AvgIpc) is 3.12. The van der Waals surface area contributed by atoms with Gasteiger partial charge >= 0.3 is 0 Å². The summed E-state index contributed by atoms with van der Waals surface area (Å²) in [4.78, 5) is 0. The van der Waals surface area contributed by atoms with E-state index in [0.29, 0.717) is 0 Å². The molecule has 4 rings (SSSR count). The number of hydrogen-bond donors (Lipinski definition) is 1. The Morgan fingerprint density at radius 2 is 1.57 bits per heavy atom. The summed E-state index contributed by atoms with van der Waals surface area (Å²) in [6, 6.07) is 25.4. The molecule has 0 spiro atoms. The first-order chi connectivity index (χ1) is 14.3. The SMILES string of the molecule is C=Cc1sc2ccc(N)c(-c3ccccc3)c2[n+]1CCCCCc1ccccc1.[I-]. The Kier molecular flexibility index (Phi) is 8.05. The number of hydrogen-bond acceptors (Lipinski definition) is 2. The van der Waals surface area contributed by atoms with E-state index in [9.17, 15) is 0 Å². The highest BCUT2D eigenvalue weighted by Gasteiger charge is 2.24. The topological polar surface area (TPSA) is 29.9 Å². The van der Waals surface area contributed by atoms with Gasteiger partial charge in [0, 0.05) is 18.2 Å². The van der Waals surface area contributed by atoms with Crippen LogP contribution in [0.15, 0.2) is 79.4 Å². The molecule has 0 fully saturated rings. The van der Waals surface area contributed by atoms with Gasteiger partial charge < -0.3 is 29.7 Å². The van der Waals surface area contributed by atoms with Crippen LogP contribution in [-0.2, 0) is 13.0 Å². The first-order valence-electron chi connectivity index (χ1n) is 10.2. The summed E-state index contributed by atoms with van der Waals surface area (Å²) < 4.78 is 3.67. The van der Waals surface area contributed by atoms with Crippen LogP contribution in [0.3, 0.4) is 0 Å². The zero-order valence-electron chi connectivity index (χ0n) is 17.1. The molecule has 0 unspecified atom stereocenters. The number of nitrogens with zero attached hydrogens (tertiary/aromatic N) is 1. The molecule has 0 aliphatic carbocycles. The second kappa shape index (κ2) is 10.7. The number of nitrogens with two attached hydrogens (primary N) is 1. The van der Waals surface area contributed by atoms with E-state index in [1.165, 1.54) is 39.2 Å². The third kappa shape index (κ3) is 4.93. The van der Waals surface area contributed by atoms with E-state index >= 15 is 0 Å².